The van der Waals surface area contributed by atoms with Gasteiger partial charge in [0.2, 0.25) is 5.91 Å². The van der Waals surface area contributed by atoms with Crippen molar-refractivity contribution in [1.82, 2.24) is 10.2 Å². The van der Waals surface area contributed by atoms with Gasteiger partial charge in [-0.2, -0.15) is 0 Å². The van der Waals surface area contributed by atoms with E-state index in [1.807, 2.05) is 6.07 Å². The summed E-state index contributed by atoms with van der Waals surface area (Å²) in [5.74, 6) is 0.0747. The molecule has 0 aliphatic carbocycles. The molecule has 0 radical (unpaired) electrons. The lowest BCUT2D eigenvalue weighted by Gasteiger charge is -2.26. The number of nitrogens with one attached hydrogen (secondary N) is 1. The van der Waals surface area contributed by atoms with Crippen LogP contribution in [-0.2, 0) is 24.3 Å². The molecule has 1 aliphatic rings. The number of aryl methyl sites for hydroxylation is 2. The first-order valence-electron chi connectivity index (χ1n) is 9.73. The van der Waals surface area contributed by atoms with Crippen LogP contribution in [-0.4, -0.2) is 23.9 Å². The van der Waals surface area contributed by atoms with Crippen molar-refractivity contribution in [3.8, 4) is 0 Å². The van der Waals surface area contributed by atoms with Crippen molar-refractivity contribution in [2.24, 2.45) is 0 Å². The molecule has 3 heteroatoms. The van der Waals surface area contributed by atoms with E-state index < -0.39 is 0 Å². The van der Waals surface area contributed by atoms with Gasteiger partial charge in [0.05, 0.1) is 6.42 Å². The first-order valence-corrected chi connectivity index (χ1v) is 9.73. The van der Waals surface area contributed by atoms with Gasteiger partial charge in [0.15, 0.2) is 0 Å². The van der Waals surface area contributed by atoms with Crippen molar-refractivity contribution >= 4 is 5.91 Å². The van der Waals surface area contributed by atoms with Gasteiger partial charge in [-0.05, 0) is 67.6 Å². The Balaban J connectivity index is 1.46. The van der Waals surface area contributed by atoms with Crippen molar-refractivity contribution in [2.45, 2.75) is 52.6 Å². The number of hydrogen-bond donors (Lipinski definition) is 1. The second-order valence-electron chi connectivity index (χ2n) is 7.53. The van der Waals surface area contributed by atoms with E-state index in [0.29, 0.717) is 13.0 Å². The molecular weight excluding hydrogens is 320 g/mol. The normalized spacial score (nSPS) is 15.0. The molecule has 0 spiro atoms. The summed E-state index contributed by atoms with van der Waals surface area (Å²) in [6.07, 6.45) is 4.46. The van der Waals surface area contributed by atoms with E-state index in [-0.39, 0.29) is 5.91 Å². The predicted molar refractivity (Wildman–Crippen MR) is 107 cm³/mol. The average molecular weight is 351 g/mol. The summed E-state index contributed by atoms with van der Waals surface area (Å²) in [5, 5.41) is 3.03. The summed E-state index contributed by atoms with van der Waals surface area (Å²) in [4.78, 5) is 14.7. The Morgan fingerprint density at radius 1 is 0.885 bits per heavy atom. The number of carbonyl (C=O) groups is 1. The van der Waals surface area contributed by atoms with Crippen LogP contribution in [0.3, 0.4) is 0 Å². The van der Waals surface area contributed by atoms with Crippen LogP contribution >= 0.6 is 0 Å². The Bertz CT molecular complexity index is 730. The molecule has 0 atom stereocenters. The molecule has 0 saturated carbocycles. The van der Waals surface area contributed by atoms with Gasteiger partial charge in [-0.3, -0.25) is 9.69 Å². The van der Waals surface area contributed by atoms with Crippen molar-refractivity contribution in [1.29, 1.82) is 0 Å². The molecule has 26 heavy (non-hydrogen) atoms. The maximum atomic E-state index is 12.2. The molecule has 0 aromatic heterocycles. The van der Waals surface area contributed by atoms with E-state index in [1.165, 1.54) is 49.0 Å². The number of amides is 1. The summed E-state index contributed by atoms with van der Waals surface area (Å²) in [6, 6.07) is 14.9. The molecule has 1 heterocycles. The van der Waals surface area contributed by atoms with Gasteiger partial charge in [0.1, 0.15) is 0 Å². The zero-order valence-electron chi connectivity index (χ0n) is 16.1. The molecular formula is C23H30N2O. The predicted octanol–water partition coefficient (Wildman–Crippen LogP) is 4.15. The Hall–Kier alpha value is -2.13. The summed E-state index contributed by atoms with van der Waals surface area (Å²) < 4.78 is 0. The third kappa shape index (κ3) is 5.43. The lowest BCUT2D eigenvalue weighted by molar-refractivity contribution is -0.120. The largest absolute Gasteiger partial charge is 0.352 e. The molecule has 0 bridgehead atoms. The van der Waals surface area contributed by atoms with E-state index >= 15 is 0 Å². The number of carbonyl (C=O) groups excluding carboxylic acids is 1. The summed E-state index contributed by atoms with van der Waals surface area (Å²) in [5.41, 5.74) is 6.08. The lowest BCUT2D eigenvalue weighted by atomic mass is 10.0. The van der Waals surface area contributed by atoms with Crippen LogP contribution in [0.1, 0.15) is 47.1 Å². The number of benzene rings is 2. The summed E-state index contributed by atoms with van der Waals surface area (Å²) in [7, 11) is 0. The third-order valence-electron chi connectivity index (χ3n) is 5.30. The van der Waals surface area contributed by atoms with Crippen molar-refractivity contribution < 1.29 is 4.79 Å². The minimum absolute atomic E-state index is 0.0747. The van der Waals surface area contributed by atoms with Crippen molar-refractivity contribution in [2.75, 3.05) is 13.1 Å². The number of piperidine rings is 1. The topological polar surface area (TPSA) is 32.3 Å². The fourth-order valence-corrected chi connectivity index (χ4v) is 3.50. The first-order chi connectivity index (χ1) is 12.6. The standard InChI is InChI=1S/C23H30N2O/c1-18-6-7-22(14-19(18)2)15-23(26)24-16-20-8-10-21(11-9-20)17-25-12-4-3-5-13-25/h6-11,14H,3-5,12-13,15-17H2,1-2H3,(H,24,26). The minimum Gasteiger partial charge on any atom is -0.352 e. The minimum atomic E-state index is 0.0747. The van der Waals surface area contributed by atoms with E-state index in [1.54, 1.807) is 0 Å². The highest BCUT2D eigenvalue weighted by Crippen LogP contribution is 2.14. The average Bonchev–Trinajstić information content (AvgIpc) is 2.65. The third-order valence-corrected chi connectivity index (χ3v) is 5.30. The monoisotopic (exact) mass is 350 g/mol. The molecule has 2 aromatic carbocycles. The van der Waals surface area contributed by atoms with Crippen molar-refractivity contribution in [3.05, 3.63) is 70.3 Å². The maximum absolute atomic E-state index is 12.2. The SMILES string of the molecule is Cc1ccc(CC(=O)NCc2ccc(CN3CCCCC3)cc2)cc1C. The Morgan fingerprint density at radius 3 is 2.23 bits per heavy atom. The summed E-state index contributed by atoms with van der Waals surface area (Å²) >= 11 is 0. The molecule has 1 fully saturated rings. The smallest absolute Gasteiger partial charge is 0.224 e. The first kappa shape index (κ1) is 18.7. The van der Waals surface area contributed by atoms with Crippen LogP contribution in [0.5, 0.6) is 0 Å². The van der Waals surface area contributed by atoms with E-state index in [0.717, 1.165) is 17.7 Å². The number of hydrogen-bond acceptors (Lipinski definition) is 2. The van der Waals surface area contributed by atoms with E-state index in [9.17, 15) is 4.79 Å². The highest BCUT2D eigenvalue weighted by Gasteiger charge is 2.10. The molecule has 3 nitrogen and oxygen atoms in total. The Labute approximate surface area is 157 Å². The molecule has 138 valence electrons. The van der Waals surface area contributed by atoms with Gasteiger partial charge in [0.25, 0.3) is 0 Å². The Morgan fingerprint density at radius 2 is 1.54 bits per heavy atom. The molecule has 1 amide bonds. The lowest BCUT2D eigenvalue weighted by Crippen LogP contribution is -2.29. The molecule has 1 saturated heterocycles. The van der Waals surface area contributed by atoms with Crippen LogP contribution < -0.4 is 5.32 Å². The van der Waals surface area contributed by atoms with E-state index in [2.05, 4.69) is 60.5 Å². The molecule has 0 unspecified atom stereocenters. The summed E-state index contributed by atoms with van der Waals surface area (Å²) in [6.45, 7) is 8.25. The van der Waals surface area contributed by atoms with Gasteiger partial charge in [-0.25, -0.2) is 0 Å². The molecule has 2 aromatic rings. The van der Waals surface area contributed by atoms with Crippen LogP contribution in [0, 0.1) is 13.8 Å². The van der Waals surface area contributed by atoms with Crippen LogP contribution in [0.15, 0.2) is 42.5 Å². The molecule has 1 N–H and O–H groups in total. The van der Waals surface area contributed by atoms with E-state index in [4.69, 9.17) is 0 Å². The second kappa shape index (κ2) is 9.00. The van der Waals surface area contributed by atoms with Gasteiger partial charge in [0, 0.05) is 13.1 Å². The van der Waals surface area contributed by atoms with Crippen LogP contribution in [0.25, 0.3) is 0 Å². The van der Waals surface area contributed by atoms with Crippen LogP contribution in [0.2, 0.25) is 0 Å². The zero-order valence-corrected chi connectivity index (χ0v) is 16.1. The zero-order chi connectivity index (χ0) is 18.4. The highest BCUT2D eigenvalue weighted by molar-refractivity contribution is 5.78. The highest BCUT2D eigenvalue weighted by atomic mass is 16.1. The maximum Gasteiger partial charge on any atom is 0.224 e. The number of nitrogens with zero attached hydrogens (tertiary/aromatic N) is 1. The molecule has 1 aliphatic heterocycles. The number of rotatable bonds is 6. The fraction of sp³-hybridized carbons (Fsp3) is 0.435. The van der Waals surface area contributed by atoms with Gasteiger partial charge >= 0.3 is 0 Å². The quantitative estimate of drug-likeness (QED) is 0.849. The molecule has 3 rings (SSSR count). The fourth-order valence-electron chi connectivity index (χ4n) is 3.50. The Kier molecular flexibility index (Phi) is 6.45. The number of likely N-dealkylation sites (tertiary alicyclic amines) is 1. The van der Waals surface area contributed by atoms with Crippen LogP contribution in [0.4, 0.5) is 0 Å². The second-order valence-corrected chi connectivity index (χ2v) is 7.53. The van der Waals surface area contributed by atoms with Gasteiger partial charge in [-0.1, -0.05) is 48.9 Å². The van der Waals surface area contributed by atoms with Gasteiger partial charge in [-0.15, -0.1) is 0 Å². The van der Waals surface area contributed by atoms with Crippen molar-refractivity contribution in [3.63, 3.8) is 0 Å². The van der Waals surface area contributed by atoms with Gasteiger partial charge < -0.3 is 5.32 Å².